The van der Waals surface area contributed by atoms with Crippen molar-refractivity contribution in [3.8, 4) is 5.75 Å². The average Bonchev–Trinajstić information content (AvgIpc) is 2.71. The predicted octanol–water partition coefficient (Wildman–Crippen LogP) is 3.66. The summed E-state index contributed by atoms with van der Waals surface area (Å²) in [7, 11) is 3.82. The van der Waals surface area contributed by atoms with E-state index in [1.807, 2.05) is 24.3 Å². The highest BCUT2D eigenvalue weighted by Gasteiger charge is 2.22. The van der Waals surface area contributed by atoms with E-state index in [-0.39, 0.29) is 5.78 Å². The molecule has 0 bridgehead atoms. The van der Waals surface area contributed by atoms with Gasteiger partial charge in [-0.15, -0.1) is 0 Å². The monoisotopic (exact) mass is 362 g/mol. The SMILES string of the molecule is COc1ccc2c(c1)CC/C(=C\c1ccc(N3CCN(C)CC3)cc1)C2=O. The maximum atomic E-state index is 12.8. The quantitative estimate of drug-likeness (QED) is 0.780. The zero-order valence-electron chi connectivity index (χ0n) is 16.1. The molecule has 1 aliphatic heterocycles. The second-order valence-corrected chi connectivity index (χ2v) is 7.40. The number of carbonyl (C=O) groups excluding carboxylic acids is 1. The molecule has 2 aromatic carbocycles. The highest BCUT2D eigenvalue weighted by Crippen LogP contribution is 2.29. The van der Waals surface area contributed by atoms with Gasteiger partial charge in [-0.1, -0.05) is 12.1 Å². The molecule has 0 radical (unpaired) electrons. The molecule has 0 spiro atoms. The topological polar surface area (TPSA) is 32.8 Å². The fourth-order valence-electron chi connectivity index (χ4n) is 3.87. The summed E-state index contributed by atoms with van der Waals surface area (Å²) < 4.78 is 5.27. The summed E-state index contributed by atoms with van der Waals surface area (Å²) in [5, 5.41) is 0. The normalized spacial score (nSPS) is 19.3. The minimum Gasteiger partial charge on any atom is -0.497 e. The molecule has 140 valence electrons. The van der Waals surface area contributed by atoms with Gasteiger partial charge in [0.05, 0.1) is 7.11 Å². The first-order valence-corrected chi connectivity index (χ1v) is 9.60. The van der Waals surface area contributed by atoms with Crippen molar-refractivity contribution in [2.75, 3.05) is 45.2 Å². The molecule has 0 saturated carbocycles. The lowest BCUT2D eigenvalue weighted by Crippen LogP contribution is -2.44. The van der Waals surface area contributed by atoms with Crippen LogP contribution in [0.15, 0.2) is 48.0 Å². The first-order valence-electron chi connectivity index (χ1n) is 9.60. The molecule has 4 rings (SSSR count). The number of piperazine rings is 1. The number of hydrogen-bond acceptors (Lipinski definition) is 4. The maximum Gasteiger partial charge on any atom is 0.189 e. The molecule has 1 aliphatic carbocycles. The van der Waals surface area contributed by atoms with Gasteiger partial charge in [-0.25, -0.2) is 0 Å². The summed E-state index contributed by atoms with van der Waals surface area (Å²) in [6, 6.07) is 14.3. The van der Waals surface area contributed by atoms with Crippen molar-refractivity contribution in [3.05, 3.63) is 64.7 Å². The van der Waals surface area contributed by atoms with Crippen LogP contribution in [0.5, 0.6) is 5.75 Å². The van der Waals surface area contributed by atoms with Crippen molar-refractivity contribution in [1.29, 1.82) is 0 Å². The number of benzene rings is 2. The summed E-state index contributed by atoms with van der Waals surface area (Å²) >= 11 is 0. The molecular formula is C23H26N2O2. The highest BCUT2D eigenvalue weighted by atomic mass is 16.5. The second-order valence-electron chi connectivity index (χ2n) is 7.40. The Morgan fingerprint density at radius 2 is 1.70 bits per heavy atom. The van der Waals surface area contributed by atoms with Crippen molar-refractivity contribution < 1.29 is 9.53 Å². The van der Waals surface area contributed by atoms with Crippen LogP contribution in [0, 0.1) is 0 Å². The van der Waals surface area contributed by atoms with E-state index in [1.165, 1.54) is 5.69 Å². The van der Waals surface area contributed by atoms with Crippen LogP contribution < -0.4 is 9.64 Å². The van der Waals surface area contributed by atoms with Gasteiger partial charge in [0.2, 0.25) is 0 Å². The van der Waals surface area contributed by atoms with Crippen LogP contribution in [0.3, 0.4) is 0 Å². The summed E-state index contributed by atoms with van der Waals surface area (Å²) in [6.45, 7) is 4.33. The molecule has 0 amide bonds. The van der Waals surface area contributed by atoms with E-state index in [0.717, 1.165) is 67.0 Å². The fourth-order valence-corrected chi connectivity index (χ4v) is 3.87. The smallest absolute Gasteiger partial charge is 0.189 e. The fraction of sp³-hybridized carbons (Fsp3) is 0.348. The molecule has 0 aromatic heterocycles. The summed E-state index contributed by atoms with van der Waals surface area (Å²) in [6.07, 6.45) is 3.70. The van der Waals surface area contributed by atoms with E-state index in [1.54, 1.807) is 7.11 Å². The van der Waals surface area contributed by atoms with Crippen molar-refractivity contribution in [1.82, 2.24) is 4.90 Å². The van der Waals surface area contributed by atoms with Gasteiger partial charge in [0, 0.05) is 43.0 Å². The van der Waals surface area contributed by atoms with Crippen LogP contribution >= 0.6 is 0 Å². The Kier molecular flexibility index (Phi) is 4.99. The minimum atomic E-state index is 0.141. The Labute approximate surface area is 161 Å². The third-order valence-corrected chi connectivity index (χ3v) is 5.61. The van der Waals surface area contributed by atoms with Gasteiger partial charge in [-0.05, 0) is 67.4 Å². The standard InChI is InChI=1S/C23H26N2O2/c1-24-11-13-25(14-12-24)20-7-3-17(4-8-20)15-19-6-5-18-16-21(27-2)9-10-22(18)23(19)26/h3-4,7-10,15-16H,5-6,11-14H2,1-2H3/b19-15+. The van der Waals surface area contributed by atoms with E-state index in [4.69, 9.17) is 4.74 Å². The van der Waals surface area contributed by atoms with Gasteiger partial charge >= 0.3 is 0 Å². The summed E-state index contributed by atoms with van der Waals surface area (Å²) in [4.78, 5) is 17.6. The van der Waals surface area contributed by atoms with Crippen LogP contribution in [-0.2, 0) is 6.42 Å². The van der Waals surface area contributed by atoms with Crippen LogP contribution in [0.25, 0.3) is 6.08 Å². The van der Waals surface area contributed by atoms with E-state index < -0.39 is 0 Å². The second kappa shape index (κ2) is 7.57. The van der Waals surface area contributed by atoms with E-state index in [0.29, 0.717) is 0 Å². The molecule has 0 unspecified atom stereocenters. The number of nitrogens with zero attached hydrogens (tertiary/aromatic N) is 2. The number of fused-ring (bicyclic) bond motifs is 1. The van der Waals surface area contributed by atoms with Crippen LogP contribution in [0.2, 0.25) is 0 Å². The third-order valence-electron chi connectivity index (χ3n) is 5.61. The average molecular weight is 362 g/mol. The lowest BCUT2D eigenvalue weighted by Gasteiger charge is -2.34. The number of ether oxygens (including phenoxy) is 1. The Bertz CT molecular complexity index is 862. The largest absolute Gasteiger partial charge is 0.497 e. The number of rotatable bonds is 3. The molecule has 4 heteroatoms. The number of anilines is 1. The number of aryl methyl sites for hydroxylation is 1. The number of methoxy groups -OCH3 is 1. The molecular weight excluding hydrogens is 336 g/mol. The third kappa shape index (κ3) is 3.76. The van der Waals surface area contributed by atoms with Crippen molar-refractivity contribution in [2.45, 2.75) is 12.8 Å². The summed E-state index contributed by atoms with van der Waals surface area (Å²) in [5.41, 5.74) is 5.13. The van der Waals surface area contributed by atoms with Crippen molar-refractivity contribution in [2.24, 2.45) is 0 Å². The molecule has 0 N–H and O–H groups in total. The Morgan fingerprint density at radius 3 is 2.41 bits per heavy atom. The molecule has 0 atom stereocenters. The van der Waals surface area contributed by atoms with Gasteiger partial charge in [-0.3, -0.25) is 4.79 Å². The number of carbonyl (C=O) groups is 1. The van der Waals surface area contributed by atoms with Crippen LogP contribution in [0.4, 0.5) is 5.69 Å². The zero-order valence-corrected chi connectivity index (χ0v) is 16.1. The molecule has 4 nitrogen and oxygen atoms in total. The highest BCUT2D eigenvalue weighted by molar-refractivity contribution is 6.13. The number of Topliss-reactive ketones (excluding diaryl/α,β-unsaturated/α-hetero) is 1. The lowest BCUT2D eigenvalue weighted by molar-refractivity contribution is 0.102. The van der Waals surface area contributed by atoms with E-state index in [2.05, 4.69) is 41.1 Å². The number of hydrogen-bond donors (Lipinski definition) is 0. The number of allylic oxidation sites excluding steroid dienone is 1. The van der Waals surface area contributed by atoms with Gasteiger partial charge in [0.25, 0.3) is 0 Å². The van der Waals surface area contributed by atoms with Crippen LogP contribution in [-0.4, -0.2) is 51.0 Å². The Balaban J connectivity index is 1.51. The summed E-state index contributed by atoms with van der Waals surface area (Å²) in [5.74, 6) is 0.954. The Morgan fingerprint density at radius 1 is 0.963 bits per heavy atom. The Hall–Kier alpha value is -2.59. The van der Waals surface area contributed by atoms with E-state index in [9.17, 15) is 4.79 Å². The minimum absolute atomic E-state index is 0.141. The van der Waals surface area contributed by atoms with Gasteiger partial charge in [0.15, 0.2) is 5.78 Å². The van der Waals surface area contributed by atoms with Gasteiger partial charge in [-0.2, -0.15) is 0 Å². The molecule has 1 heterocycles. The van der Waals surface area contributed by atoms with Gasteiger partial charge < -0.3 is 14.5 Å². The first-order chi connectivity index (χ1) is 13.1. The molecule has 1 saturated heterocycles. The molecule has 2 aliphatic rings. The zero-order chi connectivity index (χ0) is 18.8. The van der Waals surface area contributed by atoms with Crippen molar-refractivity contribution >= 4 is 17.5 Å². The predicted molar refractivity (Wildman–Crippen MR) is 110 cm³/mol. The van der Waals surface area contributed by atoms with Crippen LogP contribution in [0.1, 0.15) is 27.9 Å². The number of likely N-dealkylation sites (N-methyl/N-ethyl adjacent to an activating group) is 1. The maximum absolute atomic E-state index is 12.8. The molecule has 27 heavy (non-hydrogen) atoms. The molecule has 2 aromatic rings. The van der Waals surface area contributed by atoms with Crippen molar-refractivity contribution in [3.63, 3.8) is 0 Å². The number of ketones is 1. The van der Waals surface area contributed by atoms with Gasteiger partial charge in [0.1, 0.15) is 5.75 Å². The first kappa shape index (κ1) is 17.8. The van der Waals surface area contributed by atoms with E-state index >= 15 is 0 Å². The molecule has 1 fully saturated rings. The lowest BCUT2D eigenvalue weighted by atomic mass is 9.86.